The van der Waals surface area contributed by atoms with E-state index in [1.54, 1.807) is 0 Å². The summed E-state index contributed by atoms with van der Waals surface area (Å²) in [6.45, 7) is 4.61. The van der Waals surface area contributed by atoms with Gasteiger partial charge in [0.2, 0.25) is 0 Å². The Labute approximate surface area is 461 Å². The molecule has 0 heterocycles. The molecule has 0 aliphatic heterocycles. The summed E-state index contributed by atoms with van der Waals surface area (Å²) >= 11 is 0. The second-order valence-corrected chi connectivity index (χ2v) is 21.3. The van der Waals surface area contributed by atoms with Crippen LogP contribution in [0.1, 0.15) is 245 Å². The van der Waals surface area contributed by atoms with Crippen molar-refractivity contribution in [2.75, 3.05) is 47.5 Å². The minimum absolute atomic E-state index is 0.143. The number of nitrogens with zero attached hydrogens (tertiary/aromatic N) is 1. The van der Waals surface area contributed by atoms with Gasteiger partial charge in [-0.25, -0.2) is 0 Å². The quantitative estimate of drug-likeness (QED) is 0.0195. The lowest BCUT2D eigenvalue weighted by atomic mass is 10.0. The minimum atomic E-state index is -1.63. The van der Waals surface area contributed by atoms with Crippen LogP contribution in [0.15, 0.2) is 97.2 Å². The average Bonchev–Trinajstić information content (AvgIpc) is 3.38. The van der Waals surface area contributed by atoms with Crippen LogP contribution in [0, 0.1) is 0 Å². The monoisotopic (exact) mass is 1050 g/mol. The Kier molecular flexibility index (Phi) is 53.6. The van der Waals surface area contributed by atoms with Crippen LogP contribution >= 0.6 is 0 Å². The standard InChI is InChI=1S/C66H113NO8/c1-6-8-10-12-14-16-18-20-22-24-26-27-28-29-30-31-32-33-34-35-36-37-39-41-43-45-47-49-51-53-55-57-64(69)75-62(61-74-66(65(70)71)72-59-58-67(3,4)5)60-73-63(68)56-54-52-50-48-46-44-42-40-38-25-23-21-19-17-15-13-11-9-7-2/h8,10,14-17,20-23,26-27,29-30,32-33,62,66H,6-7,9,11-13,18-19,24-25,28,31,34-61H2,1-5H3/b10-8-,16-14-,17-15-,22-20-,23-21-,27-26-,30-29-,33-32-. The molecule has 0 saturated heterocycles. The molecule has 0 amide bonds. The molecule has 2 atom stereocenters. The molecule has 2 unspecified atom stereocenters. The van der Waals surface area contributed by atoms with Gasteiger partial charge in [0, 0.05) is 12.8 Å². The normalized spacial score (nSPS) is 13.5. The van der Waals surface area contributed by atoms with Gasteiger partial charge in [0.1, 0.15) is 13.2 Å². The smallest absolute Gasteiger partial charge is 0.306 e. The van der Waals surface area contributed by atoms with E-state index in [4.69, 9.17) is 18.9 Å². The number of rotatable bonds is 55. The van der Waals surface area contributed by atoms with Crippen molar-refractivity contribution < 1.29 is 42.9 Å². The number of esters is 2. The molecule has 9 heteroatoms. The van der Waals surface area contributed by atoms with Gasteiger partial charge in [0.15, 0.2) is 12.4 Å². The van der Waals surface area contributed by atoms with Gasteiger partial charge in [-0.3, -0.25) is 9.59 Å². The molecule has 430 valence electrons. The highest BCUT2D eigenvalue weighted by Gasteiger charge is 2.22. The first-order valence-corrected chi connectivity index (χ1v) is 30.4. The number of carbonyl (C=O) groups is 3. The van der Waals surface area contributed by atoms with Crippen molar-refractivity contribution in [1.82, 2.24) is 0 Å². The van der Waals surface area contributed by atoms with E-state index in [-0.39, 0.29) is 38.6 Å². The van der Waals surface area contributed by atoms with Crippen molar-refractivity contribution in [3.05, 3.63) is 97.2 Å². The van der Waals surface area contributed by atoms with E-state index in [0.717, 1.165) is 89.9 Å². The molecular formula is C66H113NO8. The van der Waals surface area contributed by atoms with Crippen molar-refractivity contribution in [1.29, 1.82) is 0 Å². The van der Waals surface area contributed by atoms with Gasteiger partial charge in [-0.15, -0.1) is 0 Å². The highest BCUT2D eigenvalue weighted by Crippen LogP contribution is 2.16. The molecule has 0 radical (unpaired) electrons. The summed E-state index contributed by atoms with van der Waals surface area (Å²) in [6, 6.07) is 0. The summed E-state index contributed by atoms with van der Waals surface area (Å²) < 4.78 is 22.7. The number of allylic oxidation sites excluding steroid dienone is 16. The van der Waals surface area contributed by atoms with Crippen LogP contribution in [0.5, 0.6) is 0 Å². The van der Waals surface area contributed by atoms with Crippen molar-refractivity contribution in [3.63, 3.8) is 0 Å². The number of carboxylic acid groups (broad SMARTS) is 1. The van der Waals surface area contributed by atoms with E-state index in [0.29, 0.717) is 17.4 Å². The lowest BCUT2D eigenvalue weighted by Crippen LogP contribution is -2.44. The number of unbranched alkanes of at least 4 members (excludes halogenated alkanes) is 24. The molecule has 0 rings (SSSR count). The SMILES string of the molecule is CC/C=C\C/C=C\C/C=C\C/C=C\C/C=C\C/C=C\CCCCCCCCCCCCCCC(=O)OC(COC(=O)CCCCCCCCCCC/C=C\C/C=C\CCCCC)COC(OCC[N+](C)(C)C)C(=O)[O-]. The second-order valence-electron chi connectivity index (χ2n) is 21.3. The zero-order chi connectivity index (χ0) is 54.8. The Balaban J connectivity index is 4.21. The lowest BCUT2D eigenvalue weighted by Gasteiger charge is -2.26. The van der Waals surface area contributed by atoms with Crippen LogP contribution < -0.4 is 5.11 Å². The number of quaternary nitrogens is 1. The number of ether oxygens (including phenoxy) is 4. The van der Waals surface area contributed by atoms with Gasteiger partial charge in [-0.2, -0.15) is 0 Å². The van der Waals surface area contributed by atoms with E-state index in [9.17, 15) is 19.5 Å². The highest BCUT2D eigenvalue weighted by molar-refractivity contribution is 5.70. The Morgan fingerprint density at radius 3 is 1.13 bits per heavy atom. The summed E-state index contributed by atoms with van der Waals surface area (Å²) in [5, 5.41) is 11.8. The molecule has 0 aromatic carbocycles. The number of carboxylic acids is 1. The molecule has 0 fully saturated rings. The van der Waals surface area contributed by atoms with Crippen molar-refractivity contribution in [2.24, 2.45) is 0 Å². The molecule has 0 N–H and O–H groups in total. The molecule has 0 aromatic heterocycles. The minimum Gasteiger partial charge on any atom is -0.545 e. The fourth-order valence-electron chi connectivity index (χ4n) is 8.16. The van der Waals surface area contributed by atoms with Gasteiger partial charge in [-0.1, -0.05) is 233 Å². The molecule has 0 aliphatic rings. The Hall–Kier alpha value is -3.79. The molecule has 0 aromatic rings. The van der Waals surface area contributed by atoms with E-state index in [2.05, 4.69) is 111 Å². The van der Waals surface area contributed by atoms with E-state index in [1.165, 1.54) is 122 Å². The summed E-state index contributed by atoms with van der Waals surface area (Å²) in [5.74, 6) is -2.29. The first-order valence-electron chi connectivity index (χ1n) is 30.4. The molecule has 0 bridgehead atoms. The number of hydrogen-bond acceptors (Lipinski definition) is 8. The number of aliphatic carboxylic acids is 1. The second kappa shape index (κ2) is 56.4. The van der Waals surface area contributed by atoms with Crippen LogP contribution in [0.25, 0.3) is 0 Å². The summed E-state index contributed by atoms with van der Waals surface area (Å²) in [5.41, 5.74) is 0. The van der Waals surface area contributed by atoms with Crippen LogP contribution in [0.3, 0.4) is 0 Å². The van der Waals surface area contributed by atoms with Crippen LogP contribution in [0.4, 0.5) is 0 Å². The lowest BCUT2D eigenvalue weighted by molar-refractivity contribution is -0.870. The predicted octanol–water partition coefficient (Wildman–Crippen LogP) is 16.8. The maximum atomic E-state index is 12.9. The topological polar surface area (TPSA) is 111 Å². The maximum Gasteiger partial charge on any atom is 0.306 e. The third kappa shape index (κ3) is 57.7. The van der Waals surface area contributed by atoms with Crippen LogP contribution in [0.2, 0.25) is 0 Å². The fraction of sp³-hybridized carbons (Fsp3) is 0.712. The molecular weight excluding hydrogens is 935 g/mol. The first-order chi connectivity index (χ1) is 36.6. The molecule has 9 nitrogen and oxygen atoms in total. The van der Waals surface area contributed by atoms with E-state index in [1.807, 2.05) is 21.1 Å². The van der Waals surface area contributed by atoms with Gasteiger partial charge < -0.3 is 33.3 Å². The van der Waals surface area contributed by atoms with Crippen LogP contribution in [-0.2, 0) is 33.3 Å². The fourth-order valence-corrected chi connectivity index (χ4v) is 8.16. The predicted molar refractivity (Wildman–Crippen MR) is 315 cm³/mol. The van der Waals surface area contributed by atoms with Crippen molar-refractivity contribution in [3.8, 4) is 0 Å². The highest BCUT2D eigenvalue weighted by atomic mass is 16.7. The largest absolute Gasteiger partial charge is 0.545 e. The summed E-state index contributed by atoms with van der Waals surface area (Å²) in [7, 11) is 5.92. The summed E-state index contributed by atoms with van der Waals surface area (Å²) in [6.07, 6.45) is 73.1. The molecule has 0 aliphatic carbocycles. The maximum absolute atomic E-state index is 12.9. The molecule has 0 saturated carbocycles. The van der Waals surface area contributed by atoms with Crippen molar-refractivity contribution in [2.45, 2.75) is 257 Å². The van der Waals surface area contributed by atoms with Crippen LogP contribution in [-0.4, -0.2) is 82.3 Å². The van der Waals surface area contributed by atoms with Gasteiger partial charge in [0.25, 0.3) is 0 Å². The number of hydrogen-bond donors (Lipinski definition) is 0. The Bertz CT molecular complexity index is 1550. The zero-order valence-corrected chi connectivity index (χ0v) is 48.9. The Morgan fingerprint density at radius 1 is 0.413 bits per heavy atom. The third-order valence-corrected chi connectivity index (χ3v) is 12.8. The molecule has 0 spiro atoms. The van der Waals surface area contributed by atoms with Gasteiger partial charge in [-0.05, 0) is 96.3 Å². The van der Waals surface area contributed by atoms with E-state index >= 15 is 0 Å². The van der Waals surface area contributed by atoms with Gasteiger partial charge in [0.05, 0.1) is 40.3 Å². The summed E-state index contributed by atoms with van der Waals surface area (Å²) in [4.78, 5) is 37.3. The number of carbonyl (C=O) groups excluding carboxylic acids is 3. The zero-order valence-electron chi connectivity index (χ0n) is 48.9. The number of likely N-dealkylation sites (N-methyl/N-ethyl adjacent to an activating group) is 1. The van der Waals surface area contributed by atoms with Gasteiger partial charge >= 0.3 is 11.9 Å². The van der Waals surface area contributed by atoms with E-state index < -0.39 is 24.3 Å². The third-order valence-electron chi connectivity index (χ3n) is 12.8. The average molecular weight is 1050 g/mol. The molecule has 75 heavy (non-hydrogen) atoms. The Morgan fingerprint density at radius 2 is 0.760 bits per heavy atom. The first kappa shape index (κ1) is 71.2. The van der Waals surface area contributed by atoms with Crippen molar-refractivity contribution >= 4 is 17.9 Å².